The van der Waals surface area contributed by atoms with E-state index >= 15 is 0 Å². The molecule has 2 N–H and O–H groups in total. The van der Waals surface area contributed by atoms with E-state index in [-0.39, 0.29) is 23.4 Å². The second-order valence-electron chi connectivity index (χ2n) is 6.33. The molecule has 1 aromatic carbocycles. The van der Waals surface area contributed by atoms with Crippen LogP contribution >= 0.6 is 0 Å². The number of nitrogens with zero attached hydrogens (tertiary/aromatic N) is 1. The summed E-state index contributed by atoms with van der Waals surface area (Å²) in [6.07, 6.45) is 3.27. The number of nitrogens with one attached hydrogen (secondary N) is 2. The summed E-state index contributed by atoms with van der Waals surface area (Å²) in [7, 11) is 1.65. The number of aromatic nitrogens is 2. The maximum atomic E-state index is 12.9. The number of aryl methyl sites for hydroxylation is 1. The van der Waals surface area contributed by atoms with Gasteiger partial charge < -0.3 is 14.9 Å². The SMILES string of the molecule is CC(C)C(NC(=O)c1cn(C)c(=O)c2[nH]ccc12)c1ccccc1. The second kappa shape index (κ2) is 6.35. The van der Waals surface area contributed by atoms with Crippen LogP contribution in [0.1, 0.15) is 35.8 Å². The number of amides is 1. The summed E-state index contributed by atoms with van der Waals surface area (Å²) in [5.41, 5.74) is 1.87. The molecule has 1 atom stereocenters. The van der Waals surface area contributed by atoms with Crippen LogP contribution in [-0.2, 0) is 7.05 Å². The van der Waals surface area contributed by atoms with Gasteiger partial charge in [0.05, 0.1) is 11.6 Å². The number of pyridine rings is 1. The fraction of sp³-hybridized carbons (Fsp3) is 0.263. The fourth-order valence-electron chi connectivity index (χ4n) is 2.96. The monoisotopic (exact) mass is 323 g/mol. The van der Waals surface area contributed by atoms with Crippen molar-refractivity contribution in [3.8, 4) is 0 Å². The standard InChI is InChI=1S/C19H21N3O2/c1-12(2)16(13-7-5-4-6-8-13)21-18(23)15-11-22(3)19(24)17-14(15)9-10-20-17/h4-12,16,20H,1-3H3,(H,21,23). The second-order valence-corrected chi connectivity index (χ2v) is 6.33. The average Bonchev–Trinajstić information content (AvgIpc) is 3.06. The lowest BCUT2D eigenvalue weighted by molar-refractivity contribution is 0.0926. The minimum atomic E-state index is -0.183. The molecule has 0 bridgehead atoms. The molecule has 3 rings (SSSR count). The first kappa shape index (κ1) is 16.1. The number of carbonyl (C=O) groups excluding carboxylic acids is 1. The lowest BCUT2D eigenvalue weighted by Gasteiger charge is -2.23. The van der Waals surface area contributed by atoms with Crippen molar-refractivity contribution in [3.05, 3.63) is 70.3 Å². The van der Waals surface area contributed by atoms with Crippen molar-refractivity contribution < 1.29 is 4.79 Å². The maximum Gasteiger partial charge on any atom is 0.274 e. The van der Waals surface area contributed by atoms with Crippen LogP contribution in [-0.4, -0.2) is 15.5 Å². The summed E-state index contributed by atoms with van der Waals surface area (Å²) in [4.78, 5) is 27.9. The number of hydrogen-bond acceptors (Lipinski definition) is 2. The van der Waals surface area contributed by atoms with Crippen LogP contribution < -0.4 is 10.9 Å². The number of rotatable bonds is 4. The van der Waals surface area contributed by atoms with Gasteiger partial charge in [-0.15, -0.1) is 0 Å². The Kier molecular flexibility index (Phi) is 4.25. The van der Waals surface area contributed by atoms with E-state index in [2.05, 4.69) is 24.1 Å². The van der Waals surface area contributed by atoms with Gasteiger partial charge >= 0.3 is 0 Å². The molecule has 3 aromatic rings. The first-order chi connectivity index (χ1) is 11.5. The molecule has 2 heterocycles. The third-order valence-corrected chi connectivity index (χ3v) is 4.25. The van der Waals surface area contributed by atoms with Crippen molar-refractivity contribution in [2.45, 2.75) is 19.9 Å². The summed E-state index contributed by atoms with van der Waals surface area (Å²) < 4.78 is 1.43. The molecule has 0 aliphatic heterocycles. The normalized spacial score (nSPS) is 12.5. The van der Waals surface area contributed by atoms with Crippen molar-refractivity contribution in [1.29, 1.82) is 0 Å². The van der Waals surface area contributed by atoms with Crippen LogP contribution in [0.3, 0.4) is 0 Å². The predicted molar refractivity (Wildman–Crippen MR) is 95.0 cm³/mol. The average molecular weight is 323 g/mol. The highest BCUT2D eigenvalue weighted by molar-refractivity contribution is 6.06. The zero-order valence-corrected chi connectivity index (χ0v) is 14.0. The summed E-state index contributed by atoms with van der Waals surface area (Å²) in [5, 5.41) is 3.75. The van der Waals surface area contributed by atoms with Crippen LogP contribution in [0.2, 0.25) is 0 Å². The minimum absolute atomic E-state index is 0.0927. The van der Waals surface area contributed by atoms with Gasteiger partial charge in [-0.05, 0) is 17.5 Å². The third-order valence-electron chi connectivity index (χ3n) is 4.25. The molecule has 0 saturated carbocycles. The first-order valence-corrected chi connectivity index (χ1v) is 8.01. The smallest absolute Gasteiger partial charge is 0.274 e. The van der Waals surface area contributed by atoms with Gasteiger partial charge in [-0.2, -0.15) is 0 Å². The number of carbonyl (C=O) groups is 1. The molecule has 0 saturated heterocycles. The van der Waals surface area contributed by atoms with Crippen LogP contribution in [0.4, 0.5) is 0 Å². The molecule has 0 fully saturated rings. The topological polar surface area (TPSA) is 66.9 Å². The van der Waals surface area contributed by atoms with E-state index in [0.717, 1.165) is 5.56 Å². The fourth-order valence-corrected chi connectivity index (χ4v) is 2.96. The highest BCUT2D eigenvalue weighted by atomic mass is 16.2. The summed E-state index contributed by atoms with van der Waals surface area (Å²) >= 11 is 0. The molecule has 24 heavy (non-hydrogen) atoms. The molecular weight excluding hydrogens is 302 g/mol. The first-order valence-electron chi connectivity index (χ1n) is 8.01. The van der Waals surface area contributed by atoms with Crippen molar-refractivity contribution in [2.75, 3.05) is 0 Å². The number of aromatic amines is 1. The van der Waals surface area contributed by atoms with Crippen LogP contribution in [0.15, 0.2) is 53.6 Å². The minimum Gasteiger partial charge on any atom is -0.357 e. The van der Waals surface area contributed by atoms with E-state index in [0.29, 0.717) is 16.5 Å². The van der Waals surface area contributed by atoms with Crippen LogP contribution in [0.25, 0.3) is 10.9 Å². The number of benzene rings is 1. The zero-order chi connectivity index (χ0) is 17.3. The molecule has 1 unspecified atom stereocenters. The van der Waals surface area contributed by atoms with Crippen molar-refractivity contribution in [3.63, 3.8) is 0 Å². The van der Waals surface area contributed by atoms with E-state index < -0.39 is 0 Å². The van der Waals surface area contributed by atoms with Gasteiger partial charge in [0.25, 0.3) is 11.5 Å². The van der Waals surface area contributed by atoms with E-state index in [1.807, 2.05) is 30.3 Å². The summed E-state index contributed by atoms with van der Waals surface area (Å²) in [5.74, 6) is 0.0587. The van der Waals surface area contributed by atoms with Crippen molar-refractivity contribution in [2.24, 2.45) is 13.0 Å². The van der Waals surface area contributed by atoms with E-state index in [1.165, 1.54) is 4.57 Å². The third kappa shape index (κ3) is 2.85. The van der Waals surface area contributed by atoms with Crippen LogP contribution in [0, 0.1) is 5.92 Å². The molecular formula is C19H21N3O2. The van der Waals surface area contributed by atoms with Gasteiger partial charge in [0.15, 0.2) is 0 Å². The van der Waals surface area contributed by atoms with E-state index in [4.69, 9.17) is 0 Å². The summed E-state index contributed by atoms with van der Waals surface area (Å²) in [6, 6.07) is 11.6. The molecule has 0 aliphatic rings. The Bertz CT molecular complexity index is 923. The quantitative estimate of drug-likeness (QED) is 0.775. The zero-order valence-electron chi connectivity index (χ0n) is 14.0. The highest BCUT2D eigenvalue weighted by Crippen LogP contribution is 2.23. The molecule has 5 heteroatoms. The highest BCUT2D eigenvalue weighted by Gasteiger charge is 2.21. The molecule has 5 nitrogen and oxygen atoms in total. The van der Waals surface area contributed by atoms with Gasteiger partial charge in [-0.1, -0.05) is 44.2 Å². The lowest BCUT2D eigenvalue weighted by atomic mass is 9.95. The van der Waals surface area contributed by atoms with Gasteiger partial charge in [-0.25, -0.2) is 0 Å². The maximum absolute atomic E-state index is 12.9. The lowest BCUT2D eigenvalue weighted by Crippen LogP contribution is -2.33. The molecule has 124 valence electrons. The largest absolute Gasteiger partial charge is 0.357 e. The Morgan fingerprint density at radius 3 is 2.54 bits per heavy atom. The van der Waals surface area contributed by atoms with Gasteiger partial charge in [0, 0.05) is 24.8 Å². The molecule has 0 radical (unpaired) electrons. The Balaban J connectivity index is 1.99. The Morgan fingerprint density at radius 1 is 1.17 bits per heavy atom. The predicted octanol–water partition coefficient (Wildman–Crippen LogP) is 2.99. The van der Waals surface area contributed by atoms with Crippen molar-refractivity contribution >= 4 is 16.8 Å². The molecule has 0 spiro atoms. The molecule has 1 amide bonds. The van der Waals surface area contributed by atoms with Gasteiger partial charge in [0.1, 0.15) is 5.52 Å². The van der Waals surface area contributed by atoms with Gasteiger partial charge in [0.2, 0.25) is 0 Å². The molecule has 0 aliphatic carbocycles. The van der Waals surface area contributed by atoms with E-state index in [9.17, 15) is 9.59 Å². The Hall–Kier alpha value is -2.82. The Morgan fingerprint density at radius 2 is 1.88 bits per heavy atom. The number of H-pyrrole nitrogens is 1. The summed E-state index contributed by atoms with van der Waals surface area (Å²) in [6.45, 7) is 4.15. The Labute approximate surface area is 140 Å². The van der Waals surface area contributed by atoms with E-state index in [1.54, 1.807) is 25.5 Å². The number of hydrogen-bond donors (Lipinski definition) is 2. The van der Waals surface area contributed by atoms with Crippen LogP contribution in [0.5, 0.6) is 0 Å². The molecule has 2 aromatic heterocycles. The number of fused-ring (bicyclic) bond motifs is 1. The van der Waals surface area contributed by atoms with Gasteiger partial charge in [-0.3, -0.25) is 9.59 Å². The van der Waals surface area contributed by atoms with Crippen molar-refractivity contribution in [1.82, 2.24) is 14.9 Å².